The highest BCUT2D eigenvalue weighted by molar-refractivity contribution is 5.80. The van der Waals surface area contributed by atoms with Crippen molar-refractivity contribution in [3.05, 3.63) is 0 Å². The minimum absolute atomic E-state index is 0.0439. The van der Waals surface area contributed by atoms with E-state index >= 15 is 0 Å². The second-order valence-electron chi connectivity index (χ2n) is 5.47. The molecule has 104 valence electrons. The third kappa shape index (κ3) is 4.52. The van der Waals surface area contributed by atoms with Crippen molar-refractivity contribution >= 4 is 12.0 Å². The van der Waals surface area contributed by atoms with Gasteiger partial charge in [-0.2, -0.15) is 0 Å². The third-order valence-corrected chi connectivity index (χ3v) is 2.77. The van der Waals surface area contributed by atoms with Gasteiger partial charge in [0.15, 0.2) is 0 Å². The third-order valence-electron chi connectivity index (χ3n) is 2.77. The van der Waals surface area contributed by atoms with Crippen molar-refractivity contribution in [1.82, 2.24) is 16.0 Å². The van der Waals surface area contributed by atoms with Crippen LogP contribution in [0.1, 0.15) is 27.2 Å². The van der Waals surface area contributed by atoms with Crippen molar-refractivity contribution in [2.24, 2.45) is 5.92 Å². The molecular weight excluding hydrogens is 234 g/mol. The molecule has 0 radical (unpaired) electrons. The summed E-state index contributed by atoms with van der Waals surface area (Å²) in [6.07, 6.45) is 0.227. The lowest BCUT2D eigenvalue weighted by Crippen LogP contribution is -2.55. The quantitative estimate of drug-likeness (QED) is 0.662. The topological polar surface area (TPSA) is 79.5 Å². The van der Waals surface area contributed by atoms with Crippen molar-refractivity contribution in [2.75, 3.05) is 20.1 Å². The molecule has 18 heavy (non-hydrogen) atoms. The Hall–Kier alpha value is -1.30. The van der Waals surface area contributed by atoms with Crippen LogP contribution in [0.2, 0.25) is 0 Å². The van der Waals surface area contributed by atoms with E-state index in [1.165, 1.54) is 0 Å². The van der Waals surface area contributed by atoms with Crippen LogP contribution in [0.15, 0.2) is 0 Å². The largest absolute Gasteiger partial charge is 0.444 e. The number of alkyl carbamates (subject to hydrolysis) is 1. The molecule has 1 aliphatic rings. The lowest BCUT2D eigenvalue weighted by Gasteiger charge is -2.32. The molecule has 6 nitrogen and oxygen atoms in total. The minimum atomic E-state index is -0.533. The van der Waals surface area contributed by atoms with Crippen LogP contribution in [0.25, 0.3) is 0 Å². The first-order valence-electron chi connectivity index (χ1n) is 6.25. The van der Waals surface area contributed by atoms with E-state index in [2.05, 4.69) is 16.0 Å². The molecular formula is C12H23N3O3. The predicted molar refractivity (Wildman–Crippen MR) is 68.2 cm³/mol. The number of carbonyl (C=O) groups is 2. The van der Waals surface area contributed by atoms with Crippen LogP contribution in [0.3, 0.4) is 0 Å². The average Bonchev–Trinajstić information content (AvgIpc) is 2.26. The average molecular weight is 257 g/mol. The molecule has 0 aromatic carbocycles. The Bertz CT molecular complexity index is 312. The smallest absolute Gasteiger partial charge is 0.407 e. The number of hydrogen-bond acceptors (Lipinski definition) is 4. The summed E-state index contributed by atoms with van der Waals surface area (Å²) >= 11 is 0. The van der Waals surface area contributed by atoms with Gasteiger partial charge in [-0.15, -0.1) is 0 Å². The summed E-state index contributed by atoms with van der Waals surface area (Å²) in [6, 6.07) is -0.228. The van der Waals surface area contributed by atoms with Gasteiger partial charge in [0.2, 0.25) is 5.91 Å². The Labute approximate surface area is 108 Å². The van der Waals surface area contributed by atoms with Crippen molar-refractivity contribution in [2.45, 2.75) is 38.8 Å². The monoisotopic (exact) mass is 257 g/mol. The first-order chi connectivity index (χ1) is 8.33. The summed E-state index contributed by atoms with van der Waals surface area (Å²) in [5.41, 5.74) is -0.533. The standard InChI is InChI=1S/C12H23N3O3/c1-12(2,3)18-11(17)15-9-7-14-6-5-8(9)10(16)13-4/h8-9,14H,5-7H2,1-4H3,(H,13,16)(H,15,17)/t8-,9+/m1/s1. The molecule has 0 aromatic rings. The van der Waals surface area contributed by atoms with Gasteiger partial charge in [-0.1, -0.05) is 0 Å². The van der Waals surface area contributed by atoms with Gasteiger partial charge < -0.3 is 20.7 Å². The first-order valence-corrected chi connectivity index (χ1v) is 6.25. The molecule has 3 N–H and O–H groups in total. The van der Waals surface area contributed by atoms with Gasteiger partial charge in [-0.3, -0.25) is 4.79 Å². The molecule has 2 atom stereocenters. The van der Waals surface area contributed by atoms with Crippen molar-refractivity contribution in [1.29, 1.82) is 0 Å². The van der Waals surface area contributed by atoms with Crippen LogP contribution < -0.4 is 16.0 Å². The Morgan fingerprint density at radius 3 is 2.56 bits per heavy atom. The highest BCUT2D eigenvalue weighted by Crippen LogP contribution is 2.14. The number of ether oxygens (including phenoxy) is 1. The van der Waals surface area contributed by atoms with Crippen molar-refractivity contribution in [3.63, 3.8) is 0 Å². The lowest BCUT2D eigenvalue weighted by atomic mass is 9.92. The van der Waals surface area contributed by atoms with E-state index in [1.807, 2.05) is 20.8 Å². The normalized spacial score (nSPS) is 24.2. The number of piperidine rings is 1. The summed E-state index contributed by atoms with van der Waals surface area (Å²) in [5, 5.41) is 8.55. The van der Waals surface area contributed by atoms with Crippen LogP contribution in [0, 0.1) is 5.92 Å². The molecule has 0 unspecified atom stereocenters. The summed E-state index contributed by atoms with van der Waals surface area (Å²) in [4.78, 5) is 23.4. The van der Waals surface area contributed by atoms with E-state index in [1.54, 1.807) is 7.05 Å². The Balaban J connectivity index is 2.57. The zero-order valence-corrected chi connectivity index (χ0v) is 11.5. The maximum atomic E-state index is 11.7. The first kappa shape index (κ1) is 14.8. The fraction of sp³-hybridized carbons (Fsp3) is 0.833. The molecule has 1 rings (SSSR count). The molecule has 2 amide bonds. The molecule has 0 spiro atoms. The van der Waals surface area contributed by atoms with Gasteiger partial charge in [0, 0.05) is 13.6 Å². The van der Waals surface area contributed by atoms with Gasteiger partial charge in [-0.05, 0) is 33.7 Å². The molecule has 0 aliphatic carbocycles. The maximum absolute atomic E-state index is 11.7. The molecule has 1 saturated heterocycles. The molecule has 0 bridgehead atoms. The Morgan fingerprint density at radius 1 is 1.33 bits per heavy atom. The number of hydrogen-bond donors (Lipinski definition) is 3. The summed E-state index contributed by atoms with van der Waals surface area (Å²) in [7, 11) is 1.61. The van der Waals surface area contributed by atoms with E-state index in [0.717, 1.165) is 6.54 Å². The van der Waals surface area contributed by atoms with Crippen LogP contribution in [-0.2, 0) is 9.53 Å². The molecule has 1 aliphatic heterocycles. The number of carbonyl (C=O) groups excluding carboxylic acids is 2. The molecule has 0 saturated carbocycles. The van der Waals surface area contributed by atoms with Crippen LogP contribution >= 0.6 is 0 Å². The van der Waals surface area contributed by atoms with E-state index < -0.39 is 11.7 Å². The molecule has 1 fully saturated rings. The second kappa shape index (κ2) is 6.04. The Kier molecular flexibility index (Phi) is 4.95. The number of rotatable bonds is 2. The van der Waals surface area contributed by atoms with Crippen LogP contribution in [0.5, 0.6) is 0 Å². The minimum Gasteiger partial charge on any atom is -0.444 e. The van der Waals surface area contributed by atoms with Crippen molar-refractivity contribution < 1.29 is 14.3 Å². The summed E-state index contributed by atoms with van der Waals surface area (Å²) in [6.45, 7) is 6.79. The van der Waals surface area contributed by atoms with Gasteiger partial charge in [0.25, 0.3) is 0 Å². The predicted octanol–water partition coefficient (Wildman–Crippen LogP) is 0.235. The fourth-order valence-electron chi connectivity index (χ4n) is 1.97. The van der Waals surface area contributed by atoms with Gasteiger partial charge in [-0.25, -0.2) is 4.79 Å². The van der Waals surface area contributed by atoms with Gasteiger partial charge in [0.1, 0.15) is 5.60 Å². The molecule has 1 heterocycles. The van der Waals surface area contributed by atoms with Gasteiger partial charge >= 0.3 is 6.09 Å². The second-order valence-corrected chi connectivity index (χ2v) is 5.47. The number of nitrogens with one attached hydrogen (secondary N) is 3. The van der Waals surface area contributed by atoms with Crippen LogP contribution in [0.4, 0.5) is 4.79 Å². The maximum Gasteiger partial charge on any atom is 0.407 e. The lowest BCUT2D eigenvalue weighted by molar-refractivity contribution is -0.126. The summed E-state index contributed by atoms with van der Waals surface area (Å²) in [5.74, 6) is -0.249. The summed E-state index contributed by atoms with van der Waals surface area (Å²) < 4.78 is 5.19. The SMILES string of the molecule is CNC(=O)[C@@H]1CCNC[C@@H]1NC(=O)OC(C)(C)C. The molecule has 0 aromatic heterocycles. The molecule has 6 heteroatoms. The van der Waals surface area contributed by atoms with E-state index in [-0.39, 0.29) is 17.9 Å². The van der Waals surface area contributed by atoms with E-state index in [4.69, 9.17) is 4.74 Å². The fourth-order valence-corrected chi connectivity index (χ4v) is 1.97. The number of amides is 2. The Morgan fingerprint density at radius 2 is 2.00 bits per heavy atom. The van der Waals surface area contributed by atoms with Crippen molar-refractivity contribution in [3.8, 4) is 0 Å². The van der Waals surface area contributed by atoms with E-state index in [0.29, 0.717) is 13.0 Å². The zero-order valence-electron chi connectivity index (χ0n) is 11.5. The highest BCUT2D eigenvalue weighted by atomic mass is 16.6. The van der Waals surface area contributed by atoms with E-state index in [9.17, 15) is 9.59 Å². The van der Waals surface area contributed by atoms with Gasteiger partial charge in [0.05, 0.1) is 12.0 Å². The zero-order chi connectivity index (χ0) is 13.8. The highest BCUT2D eigenvalue weighted by Gasteiger charge is 2.32. The van der Waals surface area contributed by atoms with Crippen LogP contribution in [-0.4, -0.2) is 43.8 Å².